The van der Waals surface area contributed by atoms with E-state index in [9.17, 15) is 18.0 Å². The van der Waals surface area contributed by atoms with Gasteiger partial charge >= 0.3 is 12.1 Å². The van der Waals surface area contributed by atoms with Crippen LogP contribution in [0.25, 0.3) is 5.69 Å². The van der Waals surface area contributed by atoms with Crippen molar-refractivity contribution in [3.05, 3.63) is 83.2 Å². The van der Waals surface area contributed by atoms with Crippen LogP contribution in [0, 0.1) is 12.8 Å². The number of hydrogen-bond acceptors (Lipinski definition) is 2. The van der Waals surface area contributed by atoms with Crippen LogP contribution >= 0.6 is 0 Å². The molecule has 1 heterocycles. The van der Waals surface area contributed by atoms with E-state index < -0.39 is 17.7 Å². The molecule has 1 aromatic heterocycles. The number of halogens is 3. The van der Waals surface area contributed by atoms with Gasteiger partial charge in [0.15, 0.2) is 0 Å². The summed E-state index contributed by atoms with van der Waals surface area (Å²) in [5.41, 5.74) is 1.80. The lowest BCUT2D eigenvalue weighted by atomic mass is 9.82. The largest absolute Gasteiger partial charge is 0.485 e. The highest BCUT2D eigenvalue weighted by Crippen LogP contribution is 2.40. The highest BCUT2D eigenvalue weighted by atomic mass is 19.4. The van der Waals surface area contributed by atoms with Crippen LogP contribution in [0.3, 0.4) is 0 Å². The minimum absolute atomic E-state index is 0.184. The predicted octanol–water partition coefficient (Wildman–Crippen LogP) is 7.20. The zero-order chi connectivity index (χ0) is 23.6. The molecule has 1 N–H and O–H groups in total. The van der Waals surface area contributed by atoms with Gasteiger partial charge < -0.3 is 14.4 Å². The van der Waals surface area contributed by atoms with E-state index in [1.165, 1.54) is 24.6 Å². The smallest absolute Gasteiger partial charge is 0.416 e. The molecule has 3 aromatic rings. The number of aromatic nitrogens is 1. The molecule has 4 nitrogen and oxygen atoms in total. The Hall–Kier alpha value is -3.22. The van der Waals surface area contributed by atoms with Gasteiger partial charge in [-0.2, -0.15) is 13.2 Å². The first-order valence-electron chi connectivity index (χ1n) is 11.1. The monoisotopic (exact) mass is 457 g/mol. The number of carboxylic acid groups (broad SMARTS) is 1. The van der Waals surface area contributed by atoms with E-state index >= 15 is 0 Å². The molecule has 7 heteroatoms. The molecule has 0 saturated heterocycles. The van der Waals surface area contributed by atoms with Gasteiger partial charge in [0.05, 0.1) is 11.1 Å². The van der Waals surface area contributed by atoms with Gasteiger partial charge in [0.2, 0.25) is 0 Å². The van der Waals surface area contributed by atoms with E-state index in [1.807, 2.05) is 19.3 Å². The lowest BCUT2D eigenvalue weighted by molar-refractivity contribution is -0.137. The van der Waals surface area contributed by atoms with Gasteiger partial charge in [-0.15, -0.1) is 0 Å². The summed E-state index contributed by atoms with van der Waals surface area (Å²) >= 11 is 0. The van der Waals surface area contributed by atoms with Gasteiger partial charge in [-0.25, -0.2) is 4.79 Å². The molecule has 1 aliphatic carbocycles. The molecule has 33 heavy (non-hydrogen) atoms. The van der Waals surface area contributed by atoms with Crippen LogP contribution in [-0.4, -0.2) is 15.6 Å². The first-order valence-corrected chi connectivity index (χ1v) is 11.1. The third kappa shape index (κ3) is 5.24. The minimum Gasteiger partial charge on any atom is -0.485 e. The maximum atomic E-state index is 13.2. The molecule has 4 rings (SSSR count). The number of benzene rings is 2. The Kier molecular flexibility index (Phi) is 6.49. The van der Waals surface area contributed by atoms with Gasteiger partial charge in [0.1, 0.15) is 11.9 Å². The molecule has 0 radical (unpaired) electrons. The highest BCUT2D eigenvalue weighted by Gasteiger charge is 2.31. The summed E-state index contributed by atoms with van der Waals surface area (Å²) < 4.78 is 47.7. The van der Waals surface area contributed by atoms with Gasteiger partial charge in [-0.05, 0) is 67.8 Å². The van der Waals surface area contributed by atoms with E-state index in [-0.39, 0.29) is 17.6 Å². The Morgan fingerprint density at radius 1 is 1.06 bits per heavy atom. The highest BCUT2D eigenvalue weighted by molar-refractivity contribution is 5.87. The number of aryl methyl sites for hydroxylation is 1. The molecule has 1 fully saturated rings. The summed E-state index contributed by atoms with van der Waals surface area (Å²) in [5, 5.41) is 9.14. The van der Waals surface area contributed by atoms with Crippen LogP contribution in [0.1, 0.15) is 65.3 Å². The molecular weight excluding hydrogens is 431 g/mol. The molecule has 174 valence electrons. The van der Waals surface area contributed by atoms with Gasteiger partial charge in [0, 0.05) is 29.6 Å². The topological polar surface area (TPSA) is 51.5 Å². The fraction of sp³-hybridized carbons (Fsp3) is 0.346. The van der Waals surface area contributed by atoms with Crippen molar-refractivity contribution in [3.8, 4) is 11.4 Å². The number of nitrogens with zero attached hydrogens (tertiary/aromatic N) is 1. The summed E-state index contributed by atoms with van der Waals surface area (Å²) in [7, 11) is 0. The van der Waals surface area contributed by atoms with Crippen molar-refractivity contribution < 1.29 is 27.8 Å². The van der Waals surface area contributed by atoms with Crippen molar-refractivity contribution >= 4 is 5.97 Å². The van der Waals surface area contributed by atoms with Gasteiger partial charge in [-0.3, -0.25) is 0 Å². The zero-order valence-electron chi connectivity index (χ0n) is 18.3. The number of ether oxygens (including phenoxy) is 1. The number of carbonyl (C=O) groups is 1. The van der Waals surface area contributed by atoms with Crippen molar-refractivity contribution in [2.75, 3.05) is 0 Å². The maximum absolute atomic E-state index is 13.2. The second-order valence-electron chi connectivity index (χ2n) is 8.62. The SMILES string of the molecule is Cc1cn(-c2cccc(C(F)(F)F)c2)cc1C(Oc1ccc(C(=O)O)cc1)C1CCCCC1. The Morgan fingerprint density at radius 2 is 1.76 bits per heavy atom. The zero-order valence-corrected chi connectivity index (χ0v) is 18.3. The summed E-state index contributed by atoms with van der Waals surface area (Å²) in [6, 6.07) is 11.6. The Morgan fingerprint density at radius 3 is 2.39 bits per heavy atom. The fourth-order valence-electron chi connectivity index (χ4n) is 4.54. The molecule has 0 spiro atoms. The van der Waals surface area contributed by atoms with Gasteiger partial charge in [-0.1, -0.05) is 25.3 Å². The summed E-state index contributed by atoms with van der Waals surface area (Å²) in [5.74, 6) is -0.157. The Balaban J connectivity index is 1.67. The number of hydrogen-bond donors (Lipinski definition) is 1. The van der Waals surface area contributed by atoms with Crippen molar-refractivity contribution in [2.45, 2.75) is 51.3 Å². The Labute approximate surface area is 190 Å². The normalized spacial score (nSPS) is 15.9. The lowest BCUT2D eigenvalue weighted by Crippen LogP contribution is -2.21. The minimum atomic E-state index is -4.41. The van der Waals surface area contributed by atoms with Crippen LogP contribution in [-0.2, 0) is 6.18 Å². The summed E-state index contributed by atoms with van der Waals surface area (Å²) in [4.78, 5) is 11.2. The molecule has 0 bridgehead atoms. The van der Waals surface area contributed by atoms with Crippen molar-refractivity contribution in [2.24, 2.45) is 5.92 Å². The van der Waals surface area contributed by atoms with E-state index in [2.05, 4.69) is 0 Å². The van der Waals surface area contributed by atoms with Gasteiger partial charge in [0.25, 0.3) is 0 Å². The molecule has 1 atom stereocenters. The fourth-order valence-corrected chi connectivity index (χ4v) is 4.54. The average molecular weight is 457 g/mol. The third-order valence-corrected chi connectivity index (χ3v) is 6.29. The number of alkyl halides is 3. The molecular formula is C26H26F3NO3. The van der Waals surface area contributed by atoms with E-state index in [0.717, 1.165) is 48.9 Å². The van der Waals surface area contributed by atoms with Crippen LogP contribution in [0.5, 0.6) is 5.75 Å². The molecule has 0 amide bonds. The van der Waals surface area contributed by atoms with Crippen LogP contribution in [0.2, 0.25) is 0 Å². The van der Waals surface area contributed by atoms with Crippen molar-refractivity contribution in [1.82, 2.24) is 4.57 Å². The van der Waals surface area contributed by atoms with Crippen LogP contribution in [0.15, 0.2) is 60.9 Å². The molecule has 1 aliphatic rings. The lowest BCUT2D eigenvalue weighted by Gasteiger charge is -2.31. The van der Waals surface area contributed by atoms with E-state index in [4.69, 9.17) is 9.84 Å². The van der Waals surface area contributed by atoms with E-state index in [0.29, 0.717) is 11.4 Å². The summed E-state index contributed by atoms with van der Waals surface area (Å²) in [6.45, 7) is 1.94. The van der Waals surface area contributed by atoms with Crippen molar-refractivity contribution in [3.63, 3.8) is 0 Å². The van der Waals surface area contributed by atoms with E-state index in [1.54, 1.807) is 22.8 Å². The molecule has 1 saturated carbocycles. The van der Waals surface area contributed by atoms with Crippen LogP contribution < -0.4 is 4.74 Å². The predicted molar refractivity (Wildman–Crippen MR) is 119 cm³/mol. The molecule has 0 aliphatic heterocycles. The number of rotatable bonds is 6. The molecule has 1 unspecified atom stereocenters. The maximum Gasteiger partial charge on any atom is 0.416 e. The average Bonchev–Trinajstić information content (AvgIpc) is 3.19. The standard InChI is InChI=1S/C26H26F3NO3/c1-17-15-30(21-9-5-8-20(14-21)26(27,28)29)16-23(17)24(18-6-3-2-4-7-18)33-22-12-10-19(11-13-22)25(31)32/h5,8-16,18,24H,2-4,6-7H2,1H3,(H,31,32). The first-order chi connectivity index (χ1) is 15.7. The molecule has 2 aromatic carbocycles. The number of aromatic carboxylic acids is 1. The second kappa shape index (κ2) is 9.33. The van der Waals surface area contributed by atoms with Crippen LogP contribution in [0.4, 0.5) is 13.2 Å². The van der Waals surface area contributed by atoms with Crippen molar-refractivity contribution in [1.29, 1.82) is 0 Å². The first kappa shape index (κ1) is 23.0. The quantitative estimate of drug-likeness (QED) is 0.426. The Bertz CT molecular complexity index is 1110. The second-order valence-corrected chi connectivity index (χ2v) is 8.62. The number of carboxylic acids is 1. The summed E-state index contributed by atoms with van der Waals surface area (Å²) in [6.07, 6.45) is 4.42. The third-order valence-electron chi connectivity index (χ3n) is 6.29.